The second-order valence-corrected chi connectivity index (χ2v) is 2.94. The Hall–Kier alpha value is -0.420. The minimum absolute atomic E-state index is 0.694. The highest BCUT2D eigenvalue weighted by Crippen LogP contribution is 2.11. The van der Waals surface area contributed by atoms with Gasteiger partial charge in [0.05, 0.1) is 12.3 Å². The predicted octanol–water partition coefficient (Wildman–Crippen LogP) is 0.766. The average molecular weight is 220 g/mol. The van der Waals surface area contributed by atoms with Crippen molar-refractivity contribution in [2.24, 2.45) is 7.05 Å². The molecular weight excluding hydrogens is 210 g/mol. The van der Waals surface area contributed by atoms with Crippen molar-refractivity contribution in [2.75, 3.05) is 13.7 Å². The molecule has 0 aliphatic carbocycles. The van der Waals surface area contributed by atoms with Crippen LogP contribution in [-0.2, 0) is 18.2 Å². The molecule has 0 aliphatic heterocycles. The van der Waals surface area contributed by atoms with Gasteiger partial charge in [-0.1, -0.05) is 5.21 Å². The van der Waals surface area contributed by atoms with E-state index in [0.29, 0.717) is 6.61 Å². The summed E-state index contributed by atoms with van der Waals surface area (Å²) in [6.45, 7) is 0.694. The fourth-order valence-electron chi connectivity index (χ4n) is 0.815. The normalized spacial score (nSPS) is 10.5. The van der Waals surface area contributed by atoms with E-state index in [2.05, 4.69) is 26.2 Å². The summed E-state index contributed by atoms with van der Waals surface area (Å²) in [7, 11) is 3.54. The molecule has 0 N–H and O–H groups in total. The zero-order chi connectivity index (χ0) is 8.27. The minimum atomic E-state index is 0.694. The quantitative estimate of drug-likeness (QED) is 0.755. The Morgan fingerprint density at radius 2 is 2.36 bits per heavy atom. The smallest absolute Gasteiger partial charge is 0.151 e. The molecule has 1 aromatic heterocycles. The molecule has 1 aromatic rings. The predicted molar refractivity (Wildman–Crippen MR) is 44.3 cm³/mol. The van der Waals surface area contributed by atoms with Gasteiger partial charge < -0.3 is 4.74 Å². The fourth-order valence-corrected chi connectivity index (χ4v) is 1.34. The SMILES string of the molecule is COCCc1c(Br)nnn1C. The number of halogens is 1. The standard InChI is InChI=1S/C6H10BrN3O/c1-10-5(3-4-11-2)6(7)8-9-10/h3-4H2,1-2H3. The summed E-state index contributed by atoms with van der Waals surface area (Å²) in [6.07, 6.45) is 0.834. The molecule has 5 heteroatoms. The van der Waals surface area contributed by atoms with E-state index in [4.69, 9.17) is 4.74 Å². The average Bonchev–Trinajstić information content (AvgIpc) is 2.29. The summed E-state index contributed by atoms with van der Waals surface area (Å²) in [5, 5.41) is 7.68. The molecule has 11 heavy (non-hydrogen) atoms. The first-order chi connectivity index (χ1) is 5.25. The van der Waals surface area contributed by atoms with Crippen molar-refractivity contribution >= 4 is 15.9 Å². The second kappa shape index (κ2) is 3.82. The number of aromatic nitrogens is 3. The number of nitrogens with zero attached hydrogens (tertiary/aromatic N) is 3. The van der Waals surface area contributed by atoms with Gasteiger partial charge in [0, 0.05) is 20.6 Å². The van der Waals surface area contributed by atoms with Crippen LogP contribution in [0.2, 0.25) is 0 Å². The molecule has 0 saturated carbocycles. The number of methoxy groups -OCH3 is 1. The zero-order valence-corrected chi connectivity index (χ0v) is 8.13. The molecule has 0 fully saturated rings. The Balaban J connectivity index is 2.67. The van der Waals surface area contributed by atoms with Crippen LogP contribution < -0.4 is 0 Å². The van der Waals surface area contributed by atoms with Crippen molar-refractivity contribution in [1.29, 1.82) is 0 Å². The maximum Gasteiger partial charge on any atom is 0.151 e. The number of aryl methyl sites for hydroxylation is 1. The van der Waals surface area contributed by atoms with Gasteiger partial charge in [-0.15, -0.1) is 5.10 Å². The highest BCUT2D eigenvalue weighted by molar-refractivity contribution is 9.10. The van der Waals surface area contributed by atoms with Gasteiger partial charge in [-0.25, -0.2) is 0 Å². The van der Waals surface area contributed by atoms with Gasteiger partial charge in [0.2, 0.25) is 0 Å². The number of hydrogen-bond donors (Lipinski definition) is 0. The van der Waals surface area contributed by atoms with Crippen LogP contribution in [0.4, 0.5) is 0 Å². The van der Waals surface area contributed by atoms with Crippen LogP contribution in [0.5, 0.6) is 0 Å². The van der Waals surface area contributed by atoms with Crippen molar-refractivity contribution in [3.63, 3.8) is 0 Å². The van der Waals surface area contributed by atoms with E-state index in [-0.39, 0.29) is 0 Å². The Labute approximate surface area is 73.7 Å². The molecule has 0 spiro atoms. The van der Waals surface area contributed by atoms with E-state index >= 15 is 0 Å². The van der Waals surface area contributed by atoms with Crippen LogP contribution >= 0.6 is 15.9 Å². The number of rotatable bonds is 3. The maximum absolute atomic E-state index is 4.94. The Kier molecular flexibility index (Phi) is 3.02. The van der Waals surface area contributed by atoms with Crippen LogP contribution in [-0.4, -0.2) is 28.7 Å². The molecule has 0 bridgehead atoms. The second-order valence-electron chi connectivity index (χ2n) is 2.19. The molecule has 0 aromatic carbocycles. The van der Waals surface area contributed by atoms with Crippen LogP contribution in [0, 0.1) is 0 Å². The van der Waals surface area contributed by atoms with Crippen molar-refractivity contribution in [3.8, 4) is 0 Å². The van der Waals surface area contributed by atoms with E-state index in [1.54, 1.807) is 11.8 Å². The van der Waals surface area contributed by atoms with Gasteiger partial charge >= 0.3 is 0 Å². The topological polar surface area (TPSA) is 39.9 Å². The highest BCUT2D eigenvalue weighted by Gasteiger charge is 2.05. The first-order valence-electron chi connectivity index (χ1n) is 3.28. The monoisotopic (exact) mass is 219 g/mol. The molecule has 0 unspecified atom stereocenters. The van der Waals surface area contributed by atoms with Gasteiger partial charge in [-0.3, -0.25) is 4.68 Å². The molecule has 1 heterocycles. The van der Waals surface area contributed by atoms with Crippen LogP contribution in [0.25, 0.3) is 0 Å². The van der Waals surface area contributed by atoms with E-state index in [0.717, 1.165) is 16.7 Å². The van der Waals surface area contributed by atoms with Gasteiger partial charge in [-0.05, 0) is 15.9 Å². The van der Waals surface area contributed by atoms with E-state index in [1.165, 1.54) is 0 Å². The van der Waals surface area contributed by atoms with Crippen LogP contribution in [0.3, 0.4) is 0 Å². The molecule has 0 radical (unpaired) electrons. The highest BCUT2D eigenvalue weighted by atomic mass is 79.9. The van der Waals surface area contributed by atoms with E-state index in [1.807, 2.05) is 7.05 Å². The van der Waals surface area contributed by atoms with Crippen LogP contribution in [0.1, 0.15) is 5.69 Å². The summed E-state index contributed by atoms with van der Waals surface area (Å²) in [5.74, 6) is 0. The summed E-state index contributed by atoms with van der Waals surface area (Å²) < 4.78 is 7.48. The Morgan fingerprint density at radius 3 is 2.82 bits per heavy atom. The molecule has 1 rings (SSSR count). The lowest BCUT2D eigenvalue weighted by Crippen LogP contribution is -2.02. The lowest BCUT2D eigenvalue weighted by Gasteiger charge is -1.98. The third-order valence-corrected chi connectivity index (χ3v) is 2.05. The summed E-state index contributed by atoms with van der Waals surface area (Å²) >= 11 is 3.30. The molecule has 0 aliphatic rings. The lowest BCUT2D eigenvalue weighted by atomic mass is 10.3. The van der Waals surface area contributed by atoms with Crippen molar-refractivity contribution in [2.45, 2.75) is 6.42 Å². The first-order valence-corrected chi connectivity index (χ1v) is 4.08. The number of hydrogen-bond acceptors (Lipinski definition) is 3. The molecular formula is C6H10BrN3O. The third-order valence-electron chi connectivity index (χ3n) is 1.44. The van der Waals surface area contributed by atoms with Gasteiger partial charge in [0.25, 0.3) is 0 Å². The summed E-state index contributed by atoms with van der Waals surface area (Å²) in [4.78, 5) is 0. The van der Waals surface area contributed by atoms with E-state index < -0.39 is 0 Å². The molecule has 0 atom stereocenters. The molecule has 4 nitrogen and oxygen atoms in total. The first kappa shape index (κ1) is 8.67. The van der Waals surface area contributed by atoms with Crippen molar-refractivity contribution < 1.29 is 4.74 Å². The third kappa shape index (κ3) is 2.00. The van der Waals surface area contributed by atoms with Gasteiger partial charge in [-0.2, -0.15) is 0 Å². The lowest BCUT2D eigenvalue weighted by molar-refractivity contribution is 0.200. The van der Waals surface area contributed by atoms with Crippen molar-refractivity contribution in [1.82, 2.24) is 15.0 Å². The molecule has 0 saturated heterocycles. The fraction of sp³-hybridized carbons (Fsp3) is 0.667. The van der Waals surface area contributed by atoms with Gasteiger partial charge in [0.1, 0.15) is 0 Å². The number of ether oxygens (including phenoxy) is 1. The molecule has 0 amide bonds. The van der Waals surface area contributed by atoms with Crippen molar-refractivity contribution in [3.05, 3.63) is 10.3 Å². The van der Waals surface area contributed by atoms with Gasteiger partial charge in [0.15, 0.2) is 4.60 Å². The summed E-state index contributed by atoms with van der Waals surface area (Å²) in [5.41, 5.74) is 1.06. The van der Waals surface area contributed by atoms with Crippen LogP contribution in [0.15, 0.2) is 4.60 Å². The Morgan fingerprint density at radius 1 is 1.64 bits per heavy atom. The molecule has 62 valence electrons. The van der Waals surface area contributed by atoms with E-state index in [9.17, 15) is 0 Å². The maximum atomic E-state index is 4.94. The zero-order valence-electron chi connectivity index (χ0n) is 6.54. The Bertz CT molecular complexity index is 216. The minimum Gasteiger partial charge on any atom is -0.384 e. The summed E-state index contributed by atoms with van der Waals surface area (Å²) in [6, 6.07) is 0. The largest absolute Gasteiger partial charge is 0.384 e.